The van der Waals surface area contributed by atoms with Gasteiger partial charge in [-0.1, -0.05) is 19.1 Å². The molecule has 2 heterocycles. The van der Waals surface area contributed by atoms with Crippen molar-refractivity contribution >= 4 is 35.2 Å². The van der Waals surface area contributed by atoms with Crippen molar-refractivity contribution in [3.63, 3.8) is 0 Å². The van der Waals surface area contributed by atoms with Crippen LogP contribution in [0.25, 0.3) is 0 Å². The molecule has 0 radical (unpaired) electrons. The minimum Gasteiger partial charge on any atom is -0.356 e. The smallest absolute Gasteiger partial charge is 0.238 e. The van der Waals surface area contributed by atoms with E-state index in [9.17, 15) is 14.4 Å². The highest BCUT2D eigenvalue weighted by Crippen LogP contribution is 2.37. The van der Waals surface area contributed by atoms with Crippen molar-refractivity contribution in [1.82, 2.24) is 10.2 Å². The Morgan fingerprint density at radius 1 is 1.35 bits per heavy atom. The Morgan fingerprint density at radius 3 is 2.96 bits per heavy atom. The molecule has 7 heteroatoms. The number of amides is 3. The van der Waals surface area contributed by atoms with Gasteiger partial charge in [0, 0.05) is 31.0 Å². The van der Waals surface area contributed by atoms with Gasteiger partial charge in [0.15, 0.2) is 0 Å². The predicted octanol–water partition coefficient (Wildman–Crippen LogP) is 2.25. The summed E-state index contributed by atoms with van der Waals surface area (Å²) in [6.07, 6.45) is 2.69. The molecular formula is C19H25N3O3S. The lowest BCUT2D eigenvalue weighted by molar-refractivity contribution is -0.136. The van der Waals surface area contributed by atoms with Crippen LogP contribution in [0.15, 0.2) is 29.2 Å². The van der Waals surface area contributed by atoms with Gasteiger partial charge in [-0.2, -0.15) is 0 Å². The molecule has 2 atom stereocenters. The molecule has 3 rings (SSSR count). The number of thioether (sulfide) groups is 1. The summed E-state index contributed by atoms with van der Waals surface area (Å²) >= 11 is 1.44. The lowest BCUT2D eigenvalue weighted by Crippen LogP contribution is -2.46. The van der Waals surface area contributed by atoms with Crippen LogP contribution in [0.4, 0.5) is 5.69 Å². The summed E-state index contributed by atoms with van der Waals surface area (Å²) < 4.78 is 0. The van der Waals surface area contributed by atoms with Crippen LogP contribution in [-0.2, 0) is 14.4 Å². The molecule has 0 aromatic heterocycles. The molecule has 6 nitrogen and oxygen atoms in total. The van der Waals surface area contributed by atoms with E-state index < -0.39 is 5.25 Å². The van der Waals surface area contributed by atoms with Crippen molar-refractivity contribution in [2.24, 2.45) is 5.92 Å². The summed E-state index contributed by atoms with van der Waals surface area (Å²) in [4.78, 5) is 39.9. The molecule has 2 aliphatic heterocycles. The number of nitrogens with zero attached hydrogens (tertiary/aromatic N) is 1. The first kappa shape index (κ1) is 18.8. The number of para-hydroxylation sites is 1. The first-order valence-electron chi connectivity index (χ1n) is 9.20. The van der Waals surface area contributed by atoms with Gasteiger partial charge in [0.05, 0.1) is 16.9 Å². The number of likely N-dealkylation sites (tertiary alicyclic amines) is 1. The molecule has 2 N–H and O–H groups in total. The van der Waals surface area contributed by atoms with Gasteiger partial charge in [-0.15, -0.1) is 11.8 Å². The molecule has 3 amide bonds. The normalized spacial score (nSPS) is 22.3. The van der Waals surface area contributed by atoms with Gasteiger partial charge < -0.3 is 15.5 Å². The number of rotatable bonds is 5. The van der Waals surface area contributed by atoms with Crippen LogP contribution in [0.3, 0.4) is 0 Å². The average Bonchev–Trinajstić information content (AvgIpc) is 2.66. The van der Waals surface area contributed by atoms with E-state index in [-0.39, 0.29) is 30.1 Å². The molecule has 1 saturated heterocycles. The standard InChI is InChI=1S/C19H25N3O3S/c1-2-9-20-18(24)13-6-5-10-22(12-13)17(23)11-16-19(25)21-14-7-3-4-8-15(14)26-16/h3-4,7-8,13,16H,2,5-6,9-12H2,1H3,(H,20,24)(H,21,25). The highest BCUT2D eigenvalue weighted by molar-refractivity contribution is 8.01. The SMILES string of the molecule is CCCNC(=O)C1CCCN(C(=O)CC2Sc3ccccc3NC2=O)C1. The van der Waals surface area contributed by atoms with E-state index in [4.69, 9.17) is 0 Å². The zero-order valence-corrected chi connectivity index (χ0v) is 15.8. The molecule has 2 aliphatic rings. The maximum absolute atomic E-state index is 12.7. The molecule has 2 unspecified atom stereocenters. The van der Waals surface area contributed by atoms with Gasteiger partial charge in [0.25, 0.3) is 0 Å². The van der Waals surface area contributed by atoms with E-state index >= 15 is 0 Å². The van der Waals surface area contributed by atoms with Crippen LogP contribution in [0.1, 0.15) is 32.6 Å². The first-order chi connectivity index (χ1) is 12.6. The Bertz CT molecular complexity index is 694. The Kier molecular flexibility index (Phi) is 6.19. The van der Waals surface area contributed by atoms with Gasteiger partial charge in [-0.05, 0) is 31.4 Å². The summed E-state index contributed by atoms with van der Waals surface area (Å²) in [5.74, 6) is -0.294. The Morgan fingerprint density at radius 2 is 2.15 bits per heavy atom. The van der Waals surface area contributed by atoms with Crippen molar-refractivity contribution in [2.45, 2.75) is 42.8 Å². The zero-order chi connectivity index (χ0) is 18.5. The van der Waals surface area contributed by atoms with Gasteiger partial charge in [0.2, 0.25) is 17.7 Å². The second-order valence-corrected chi connectivity index (χ2v) is 8.01. The van der Waals surface area contributed by atoms with Crippen molar-refractivity contribution < 1.29 is 14.4 Å². The van der Waals surface area contributed by atoms with E-state index in [1.54, 1.807) is 4.90 Å². The van der Waals surface area contributed by atoms with Crippen LogP contribution in [0, 0.1) is 5.92 Å². The number of hydrogen-bond acceptors (Lipinski definition) is 4. The molecule has 0 bridgehead atoms. The number of fused-ring (bicyclic) bond motifs is 1. The molecule has 1 aromatic carbocycles. The van der Waals surface area contributed by atoms with Crippen molar-refractivity contribution in [3.8, 4) is 0 Å². The van der Waals surface area contributed by atoms with E-state index in [0.29, 0.717) is 19.6 Å². The maximum Gasteiger partial charge on any atom is 0.238 e. The lowest BCUT2D eigenvalue weighted by atomic mass is 9.96. The average molecular weight is 375 g/mol. The van der Waals surface area contributed by atoms with Crippen LogP contribution < -0.4 is 10.6 Å². The Hall–Kier alpha value is -2.02. The Labute approximate surface area is 158 Å². The van der Waals surface area contributed by atoms with E-state index in [0.717, 1.165) is 29.8 Å². The summed E-state index contributed by atoms with van der Waals surface area (Å²) in [6, 6.07) is 7.61. The molecule has 140 valence electrons. The topological polar surface area (TPSA) is 78.5 Å². The molecular weight excluding hydrogens is 350 g/mol. The molecule has 0 spiro atoms. The summed E-state index contributed by atoms with van der Waals surface area (Å²) in [5, 5.41) is 5.37. The minimum atomic E-state index is -0.424. The number of hydrogen-bond donors (Lipinski definition) is 2. The van der Waals surface area contributed by atoms with Gasteiger partial charge >= 0.3 is 0 Å². The molecule has 0 aliphatic carbocycles. The lowest BCUT2D eigenvalue weighted by Gasteiger charge is -2.33. The highest BCUT2D eigenvalue weighted by Gasteiger charge is 2.33. The largest absolute Gasteiger partial charge is 0.356 e. The van der Waals surface area contributed by atoms with Gasteiger partial charge in [-0.3, -0.25) is 14.4 Å². The summed E-state index contributed by atoms with van der Waals surface area (Å²) in [6.45, 7) is 3.79. The quantitative estimate of drug-likeness (QED) is 0.827. The van der Waals surface area contributed by atoms with Crippen molar-refractivity contribution in [3.05, 3.63) is 24.3 Å². The van der Waals surface area contributed by atoms with Crippen LogP contribution in [0.5, 0.6) is 0 Å². The third-order valence-electron chi connectivity index (χ3n) is 4.76. The Balaban J connectivity index is 1.58. The number of benzene rings is 1. The highest BCUT2D eigenvalue weighted by atomic mass is 32.2. The fourth-order valence-corrected chi connectivity index (χ4v) is 4.43. The summed E-state index contributed by atoms with van der Waals surface area (Å²) in [5.41, 5.74) is 0.803. The van der Waals surface area contributed by atoms with Gasteiger partial charge in [0.1, 0.15) is 0 Å². The van der Waals surface area contributed by atoms with Crippen LogP contribution in [0.2, 0.25) is 0 Å². The van der Waals surface area contributed by atoms with Crippen molar-refractivity contribution in [1.29, 1.82) is 0 Å². The minimum absolute atomic E-state index is 0.0306. The zero-order valence-electron chi connectivity index (χ0n) is 15.0. The molecule has 1 aromatic rings. The van der Waals surface area contributed by atoms with E-state index in [1.165, 1.54) is 11.8 Å². The monoisotopic (exact) mass is 375 g/mol. The summed E-state index contributed by atoms with van der Waals surface area (Å²) in [7, 11) is 0. The number of nitrogens with one attached hydrogen (secondary N) is 2. The third kappa shape index (κ3) is 4.38. The number of carbonyl (C=O) groups excluding carboxylic acids is 3. The van der Waals surface area contributed by atoms with Crippen molar-refractivity contribution in [2.75, 3.05) is 25.0 Å². The molecule has 1 fully saturated rings. The number of piperidine rings is 1. The van der Waals surface area contributed by atoms with Gasteiger partial charge in [-0.25, -0.2) is 0 Å². The van der Waals surface area contributed by atoms with Crippen LogP contribution in [-0.4, -0.2) is 47.5 Å². The molecule has 26 heavy (non-hydrogen) atoms. The molecule has 0 saturated carbocycles. The number of anilines is 1. The predicted molar refractivity (Wildman–Crippen MR) is 102 cm³/mol. The van der Waals surface area contributed by atoms with E-state index in [1.807, 2.05) is 31.2 Å². The van der Waals surface area contributed by atoms with Crippen LogP contribution >= 0.6 is 11.8 Å². The second kappa shape index (κ2) is 8.58. The van der Waals surface area contributed by atoms with E-state index in [2.05, 4.69) is 10.6 Å². The number of carbonyl (C=O) groups is 3. The fraction of sp³-hybridized carbons (Fsp3) is 0.526. The second-order valence-electron chi connectivity index (χ2n) is 6.77. The first-order valence-corrected chi connectivity index (χ1v) is 10.1. The third-order valence-corrected chi connectivity index (χ3v) is 6.04. The fourth-order valence-electron chi connectivity index (χ4n) is 3.32. The maximum atomic E-state index is 12.7.